The van der Waals surface area contributed by atoms with Crippen LogP contribution in [0.1, 0.15) is 35.6 Å². The fraction of sp³-hybridized carbons (Fsp3) is 0.257. The molecule has 0 aliphatic heterocycles. The first-order valence-electron chi connectivity index (χ1n) is 14.8. The number of sulfonamides is 1. The van der Waals surface area contributed by atoms with Gasteiger partial charge in [-0.25, -0.2) is 8.42 Å². The smallest absolute Gasteiger partial charge is 0.354 e. The molecule has 4 rings (SSSR count). The molecule has 0 unspecified atom stereocenters. The van der Waals surface area contributed by atoms with Crippen LogP contribution in [0, 0.1) is 6.92 Å². The van der Waals surface area contributed by atoms with Gasteiger partial charge in [-0.3, -0.25) is 13.9 Å². The van der Waals surface area contributed by atoms with Gasteiger partial charge in [0.05, 0.1) is 16.1 Å². The average Bonchev–Trinajstić information content (AvgIpc) is 3.04. The lowest BCUT2D eigenvalue weighted by Crippen LogP contribution is -2.53. The van der Waals surface area contributed by atoms with Crippen molar-refractivity contribution in [2.75, 3.05) is 17.4 Å². The summed E-state index contributed by atoms with van der Waals surface area (Å²) >= 11 is 0. The van der Waals surface area contributed by atoms with Crippen molar-refractivity contribution in [2.24, 2.45) is 0 Å². The first-order valence-corrected chi connectivity index (χ1v) is 16.3. The van der Waals surface area contributed by atoms with Gasteiger partial charge in [-0.05, 0) is 54.8 Å². The fourth-order valence-electron chi connectivity index (χ4n) is 4.90. The van der Waals surface area contributed by atoms with E-state index in [0.29, 0.717) is 28.9 Å². The van der Waals surface area contributed by atoms with Gasteiger partial charge in [-0.15, -0.1) is 0 Å². The van der Waals surface area contributed by atoms with E-state index in [2.05, 4.69) is 5.32 Å². The van der Waals surface area contributed by atoms with Crippen LogP contribution >= 0.6 is 0 Å². The number of nitrogens with one attached hydrogen (secondary N) is 1. The van der Waals surface area contributed by atoms with Gasteiger partial charge in [-0.1, -0.05) is 91.3 Å². The molecule has 4 aromatic rings. The molecule has 242 valence electrons. The van der Waals surface area contributed by atoms with Crippen molar-refractivity contribution in [3.05, 3.63) is 131 Å². The van der Waals surface area contributed by atoms with Crippen molar-refractivity contribution < 1.29 is 31.2 Å². The molecule has 1 N–H and O–H groups in total. The van der Waals surface area contributed by atoms with Crippen molar-refractivity contribution in [3.63, 3.8) is 0 Å². The zero-order valence-electron chi connectivity index (χ0n) is 25.6. The highest BCUT2D eigenvalue weighted by molar-refractivity contribution is 7.92. The summed E-state index contributed by atoms with van der Waals surface area (Å²) in [4.78, 5) is 29.1. The number of rotatable bonds is 13. The molecule has 0 radical (unpaired) electrons. The summed E-state index contributed by atoms with van der Waals surface area (Å²) in [5.41, 5.74) is 0.829. The molecule has 46 heavy (non-hydrogen) atoms. The predicted molar refractivity (Wildman–Crippen MR) is 171 cm³/mol. The van der Waals surface area contributed by atoms with Gasteiger partial charge in [0, 0.05) is 19.5 Å². The zero-order chi connectivity index (χ0) is 33.3. The Hall–Kier alpha value is -4.64. The van der Waals surface area contributed by atoms with Gasteiger partial charge in [0.25, 0.3) is 10.0 Å². The van der Waals surface area contributed by atoms with Crippen LogP contribution in [0.25, 0.3) is 0 Å². The second kappa shape index (κ2) is 15.1. The van der Waals surface area contributed by atoms with Crippen molar-refractivity contribution in [1.82, 2.24) is 10.2 Å². The Morgan fingerprint density at radius 2 is 1.43 bits per heavy atom. The SMILES string of the molecule is CCCNC(=O)[C@@H](Cc1ccccc1)N(Cc1ccccc1)C(=O)CN(c1cccc(C(F)(F)F)c1)S(=O)(=O)c1ccc(C)cc1. The second-order valence-corrected chi connectivity index (χ2v) is 12.7. The van der Waals surface area contributed by atoms with Crippen LogP contribution in [0.3, 0.4) is 0 Å². The van der Waals surface area contributed by atoms with Crippen LogP contribution in [0.4, 0.5) is 18.9 Å². The Balaban J connectivity index is 1.82. The molecule has 0 bridgehead atoms. The summed E-state index contributed by atoms with van der Waals surface area (Å²) in [5.74, 6) is -1.19. The number of hydrogen-bond acceptors (Lipinski definition) is 4. The van der Waals surface area contributed by atoms with E-state index in [1.807, 2.05) is 37.3 Å². The lowest BCUT2D eigenvalue weighted by atomic mass is 10.0. The van der Waals surface area contributed by atoms with Gasteiger partial charge < -0.3 is 10.2 Å². The largest absolute Gasteiger partial charge is 0.416 e. The fourth-order valence-corrected chi connectivity index (χ4v) is 6.31. The van der Waals surface area contributed by atoms with Crippen molar-refractivity contribution in [2.45, 2.75) is 50.3 Å². The Bertz CT molecular complexity index is 1720. The van der Waals surface area contributed by atoms with E-state index in [9.17, 15) is 31.2 Å². The molecule has 0 aromatic heterocycles. The number of carbonyl (C=O) groups is 2. The van der Waals surface area contributed by atoms with E-state index < -0.39 is 46.2 Å². The standard InChI is InChI=1S/C35H36F3N3O4S/c1-3-21-39-34(43)32(22-27-11-6-4-7-12-27)40(24-28-13-8-5-9-14-28)33(42)25-41(30-16-10-15-29(23-30)35(36,37)38)46(44,45)31-19-17-26(2)18-20-31/h4-20,23,32H,3,21-22,24-25H2,1-2H3,(H,39,43)/t32-/m1/s1. The van der Waals surface area contributed by atoms with E-state index in [1.165, 1.54) is 23.1 Å². The first-order chi connectivity index (χ1) is 21.9. The number of amides is 2. The number of benzene rings is 4. The molecule has 0 saturated carbocycles. The normalized spacial score (nSPS) is 12.3. The Labute approximate surface area is 267 Å². The maximum atomic E-state index is 14.4. The van der Waals surface area contributed by atoms with Gasteiger partial charge in [0.15, 0.2) is 0 Å². The molecule has 0 aliphatic rings. The molecular formula is C35H36F3N3O4S. The van der Waals surface area contributed by atoms with Crippen molar-refractivity contribution in [3.8, 4) is 0 Å². The van der Waals surface area contributed by atoms with Crippen molar-refractivity contribution in [1.29, 1.82) is 0 Å². The van der Waals surface area contributed by atoms with Crippen LogP contribution in [0.2, 0.25) is 0 Å². The average molecular weight is 652 g/mol. The molecule has 11 heteroatoms. The van der Waals surface area contributed by atoms with Crippen molar-refractivity contribution >= 4 is 27.5 Å². The van der Waals surface area contributed by atoms with Crippen LogP contribution in [0.15, 0.2) is 114 Å². The third-order valence-electron chi connectivity index (χ3n) is 7.37. The summed E-state index contributed by atoms with van der Waals surface area (Å²) in [6.07, 6.45) is -3.98. The minimum Gasteiger partial charge on any atom is -0.354 e. The maximum Gasteiger partial charge on any atom is 0.416 e. The third-order valence-corrected chi connectivity index (χ3v) is 9.15. The molecular weight excluding hydrogens is 615 g/mol. The van der Waals surface area contributed by atoms with Gasteiger partial charge in [0.1, 0.15) is 12.6 Å². The third kappa shape index (κ3) is 8.75. The molecule has 4 aromatic carbocycles. The number of nitrogens with zero attached hydrogens (tertiary/aromatic N) is 2. The Morgan fingerprint density at radius 3 is 2.02 bits per heavy atom. The molecule has 0 spiro atoms. The van der Waals surface area contributed by atoms with E-state index in [4.69, 9.17) is 0 Å². The summed E-state index contributed by atoms with van der Waals surface area (Å²) in [7, 11) is -4.54. The highest BCUT2D eigenvalue weighted by Gasteiger charge is 2.36. The molecule has 2 amide bonds. The molecule has 1 atom stereocenters. The summed E-state index contributed by atoms with van der Waals surface area (Å²) in [6, 6.07) is 26.6. The molecule has 7 nitrogen and oxygen atoms in total. The molecule has 0 aliphatic carbocycles. The minimum absolute atomic E-state index is 0.0439. The Kier molecular flexibility index (Phi) is 11.2. The van der Waals surface area contributed by atoms with Crippen LogP contribution in [-0.2, 0) is 38.8 Å². The number of halogens is 3. The summed E-state index contributed by atoms with van der Waals surface area (Å²) in [6.45, 7) is 3.12. The minimum atomic E-state index is -4.75. The Morgan fingerprint density at radius 1 is 0.826 bits per heavy atom. The first kappa shape index (κ1) is 34.2. The lowest BCUT2D eigenvalue weighted by Gasteiger charge is -2.34. The maximum absolute atomic E-state index is 14.4. The quantitative estimate of drug-likeness (QED) is 0.182. The molecule has 0 saturated heterocycles. The monoisotopic (exact) mass is 651 g/mol. The van der Waals surface area contributed by atoms with E-state index >= 15 is 0 Å². The number of hydrogen-bond donors (Lipinski definition) is 1. The second-order valence-electron chi connectivity index (χ2n) is 10.9. The predicted octanol–water partition coefficient (Wildman–Crippen LogP) is 6.38. The van der Waals surface area contributed by atoms with Crippen LogP contribution in [-0.4, -0.2) is 44.3 Å². The molecule has 0 fully saturated rings. The van der Waals surface area contributed by atoms with Gasteiger partial charge >= 0.3 is 6.18 Å². The topological polar surface area (TPSA) is 86.8 Å². The van der Waals surface area contributed by atoms with E-state index in [1.54, 1.807) is 49.4 Å². The highest BCUT2D eigenvalue weighted by Crippen LogP contribution is 2.33. The summed E-state index contributed by atoms with van der Waals surface area (Å²) in [5, 5.41) is 2.85. The van der Waals surface area contributed by atoms with Crippen LogP contribution < -0.4 is 9.62 Å². The zero-order valence-corrected chi connectivity index (χ0v) is 26.4. The number of aryl methyl sites for hydroxylation is 1. The highest BCUT2D eigenvalue weighted by atomic mass is 32.2. The lowest BCUT2D eigenvalue weighted by molar-refractivity contribution is -0.140. The summed E-state index contributed by atoms with van der Waals surface area (Å²) < 4.78 is 70.0. The number of anilines is 1. The van der Waals surface area contributed by atoms with Crippen LogP contribution in [0.5, 0.6) is 0 Å². The molecule has 0 heterocycles. The van der Waals surface area contributed by atoms with E-state index in [0.717, 1.165) is 23.3 Å². The number of alkyl halides is 3. The number of carbonyl (C=O) groups excluding carboxylic acids is 2. The van der Waals surface area contributed by atoms with Gasteiger partial charge in [-0.2, -0.15) is 13.2 Å². The van der Waals surface area contributed by atoms with Gasteiger partial charge in [0.2, 0.25) is 11.8 Å². The van der Waals surface area contributed by atoms with E-state index in [-0.39, 0.29) is 23.5 Å².